The van der Waals surface area contributed by atoms with Gasteiger partial charge in [0.05, 0.1) is 0 Å². The lowest BCUT2D eigenvalue weighted by molar-refractivity contribution is 0.0767. The van der Waals surface area contributed by atoms with E-state index in [-0.39, 0.29) is 11.4 Å². The second kappa shape index (κ2) is 5.17. The largest absolute Gasteiger partial charge is 0.368 e. The van der Waals surface area contributed by atoms with Gasteiger partial charge in [0.1, 0.15) is 5.69 Å². The van der Waals surface area contributed by atoms with E-state index in [1.54, 1.807) is 11.1 Å². The highest BCUT2D eigenvalue weighted by Gasteiger charge is 2.35. The molecule has 19 heavy (non-hydrogen) atoms. The second-order valence-electron chi connectivity index (χ2n) is 5.39. The number of pyridine rings is 1. The van der Waals surface area contributed by atoms with Crippen LogP contribution in [0.4, 0.5) is 5.69 Å². The standard InChI is InChI=1S/C14H22N4O/c1-4-17(5-2)13(19)12-8-11(6-7-16-12)18-9-14(3,15)10-18/h6-8H,4-5,9-10,15H2,1-3H3. The lowest BCUT2D eigenvalue weighted by Gasteiger charge is -2.47. The molecule has 1 amide bonds. The van der Waals surface area contributed by atoms with Crippen molar-refractivity contribution < 1.29 is 4.79 Å². The first-order chi connectivity index (χ1) is 8.96. The maximum Gasteiger partial charge on any atom is 0.272 e. The van der Waals surface area contributed by atoms with Gasteiger partial charge in [-0.25, -0.2) is 0 Å². The van der Waals surface area contributed by atoms with Crippen LogP contribution in [0.1, 0.15) is 31.3 Å². The van der Waals surface area contributed by atoms with Crippen LogP contribution < -0.4 is 10.6 Å². The SMILES string of the molecule is CCN(CC)C(=O)c1cc(N2CC(C)(N)C2)ccn1. The van der Waals surface area contributed by atoms with Crippen molar-refractivity contribution in [2.75, 3.05) is 31.1 Å². The summed E-state index contributed by atoms with van der Waals surface area (Å²) in [6, 6.07) is 3.78. The summed E-state index contributed by atoms with van der Waals surface area (Å²) in [6.45, 7) is 9.01. The minimum atomic E-state index is -0.119. The molecule has 5 heteroatoms. The number of anilines is 1. The molecule has 0 aliphatic carbocycles. The molecule has 104 valence electrons. The zero-order valence-electron chi connectivity index (χ0n) is 11.9. The summed E-state index contributed by atoms with van der Waals surface area (Å²) < 4.78 is 0. The molecule has 5 nitrogen and oxygen atoms in total. The second-order valence-corrected chi connectivity index (χ2v) is 5.39. The summed E-state index contributed by atoms with van der Waals surface area (Å²) >= 11 is 0. The monoisotopic (exact) mass is 262 g/mol. The zero-order chi connectivity index (χ0) is 14.0. The average Bonchev–Trinajstić information content (AvgIpc) is 2.37. The summed E-state index contributed by atoms with van der Waals surface area (Å²) in [5.74, 6) is -0.0112. The maximum atomic E-state index is 12.2. The van der Waals surface area contributed by atoms with Crippen molar-refractivity contribution in [1.82, 2.24) is 9.88 Å². The number of aromatic nitrogens is 1. The van der Waals surface area contributed by atoms with Crippen LogP contribution in [0, 0.1) is 0 Å². The lowest BCUT2D eigenvalue weighted by atomic mass is 9.93. The molecule has 1 aliphatic heterocycles. The summed E-state index contributed by atoms with van der Waals surface area (Å²) in [6.07, 6.45) is 1.69. The minimum absolute atomic E-state index is 0.0112. The number of nitrogens with zero attached hydrogens (tertiary/aromatic N) is 3. The van der Waals surface area contributed by atoms with E-state index in [9.17, 15) is 4.79 Å². The van der Waals surface area contributed by atoms with Crippen LogP contribution in [-0.2, 0) is 0 Å². The molecule has 0 saturated carbocycles. The van der Waals surface area contributed by atoms with Crippen molar-refractivity contribution in [3.63, 3.8) is 0 Å². The van der Waals surface area contributed by atoms with Gasteiger partial charge in [0.25, 0.3) is 5.91 Å². The molecular formula is C14H22N4O. The Balaban J connectivity index is 2.14. The van der Waals surface area contributed by atoms with Crippen LogP contribution in [-0.4, -0.2) is 47.5 Å². The van der Waals surface area contributed by atoms with Gasteiger partial charge in [-0.15, -0.1) is 0 Å². The zero-order valence-corrected chi connectivity index (χ0v) is 11.9. The number of carbonyl (C=O) groups excluding carboxylic acids is 1. The summed E-state index contributed by atoms with van der Waals surface area (Å²) in [7, 11) is 0. The molecule has 1 fully saturated rings. The third kappa shape index (κ3) is 2.87. The first-order valence-corrected chi connectivity index (χ1v) is 6.76. The maximum absolute atomic E-state index is 12.2. The van der Waals surface area contributed by atoms with E-state index in [0.29, 0.717) is 18.8 Å². The molecular weight excluding hydrogens is 240 g/mol. The van der Waals surface area contributed by atoms with Crippen molar-refractivity contribution in [2.24, 2.45) is 5.73 Å². The number of hydrogen-bond acceptors (Lipinski definition) is 4. The molecule has 1 saturated heterocycles. The third-order valence-corrected chi connectivity index (χ3v) is 3.48. The summed E-state index contributed by atoms with van der Waals surface area (Å²) in [5, 5.41) is 0. The molecule has 0 atom stereocenters. The Hall–Kier alpha value is -1.62. The van der Waals surface area contributed by atoms with Gasteiger partial charge in [0, 0.05) is 43.6 Å². The highest BCUT2D eigenvalue weighted by Crippen LogP contribution is 2.25. The van der Waals surface area contributed by atoms with Gasteiger partial charge in [-0.1, -0.05) is 0 Å². The summed E-state index contributed by atoms with van der Waals surface area (Å²) in [4.78, 5) is 20.4. The van der Waals surface area contributed by atoms with E-state index in [1.165, 1.54) is 0 Å². The number of carbonyl (C=O) groups is 1. The molecule has 2 rings (SSSR count). The number of rotatable bonds is 4. The minimum Gasteiger partial charge on any atom is -0.368 e. The Morgan fingerprint density at radius 3 is 2.63 bits per heavy atom. The fourth-order valence-electron chi connectivity index (χ4n) is 2.41. The van der Waals surface area contributed by atoms with Gasteiger partial charge in [-0.05, 0) is 32.9 Å². The van der Waals surface area contributed by atoms with Gasteiger partial charge in [-0.3, -0.25) is 9.78 Å². The molecule has 0 unspecified atom stereocenters. The molecule has 0 radical (unpaired) electrons. The van der Waals surface area contributed by atoms with E-state index in [4.69, 9.17) is 5.73 Å². The van der Waals surface area contributed by atoms with Crippen LogP contribution in [0.15, 0.2) is 18.3 Å². The van der Waals surface area contributed by atoms with Gasteiger partial charge < -0.3 is 15.5 Å². The lowest BCUT2D eigenvalue weighted by Crippen LogP contribution is -2.65. The van der Waals surface area contributed by atoms with Gasteiger partial charge in [0.15, 0.2) is 0 Å². The fourth-order valence-corrected chi connectivity index (χ4v) is 2.41. The molecule has 1 aromatic rings. The molecule has 0 aromatic carbocycles. The van der Waals surface area contributed by atoms with Gasteiger partial charge in [0.2, 0.25) is 0 Å². The first kappa shape index (κ1) is 13.8. The predicted octanol–water partition coefficient (Wildman–Crippen LogP) is 1.10. The van der Waals surface area contributed by atoms with Crippen molar-refractivity contribution in [1.29, 1.82) is 0 Å². The Morgan fingerprint density at radius 2 is 2.11 bits per heavy atom. The molecule has 2 heterocycles. The van der Waals surface area contributed by atoms with E-state index in [2.05, 4.69) is 9.88 Å². The summed E-state index contributed by atoms with van der Waals surface area (Å²) in [5.41, 5.74) is 7.42. The van der Waals surface area contributed by atoms with Gasteiger partial charge in [-0.2, -0.15) is 0 Å². The number of hydrogen-bond donors (Lipinski definition) is 1. The van der Waals surface area contributed by atoms with Crippen LogP contribution >= 0.6 is 0 Å². The van der Waals surface area contributed by atoms with E-state index < -0.39 is 0 Å². The molecule has 1 aliphatic rings. The first-order valence-electron chi connectivity index (χ1n) is 6.76. The predicted molar refractivity (Wildman–Crippen MR) is 76.3 cm³/mol. The van der Waals surface area contributed by atoms with Crippen LogP contribution in [0.3, 0.4) is 0 Å². The van der Waals surface area contributed by atoms with Crippen molar-refractivity contribution in [3.05, 3.63) is 24.0 Å². The highest BCUT2D eigenvalue weighted by molar-refractivity contribution is 5.93. The van der Waals surface area contributed by atoms with Crippen LogP contribution in [0.2, 0.25) is 0 Å². The Labute approximate surface area is 114 Å². The number of amides is 1. The van der Waals surface area contributed by atoms with Crippen LogP contribution in [0.5, 0.6) is 0 Å². The molecule has 0 bridgehead atoms. The van der Waals surface area contributed by atoms with E-state index >= 15 is 0 Å². The Kier molecular flexibility index (Phi) is 3.75. The average molecular weight is 262 g/mol. The highest BCUT2D eigenvalue weighted by atomic mass is 16.2. The van der Waals surface area contributed by atoms with E-state index in [0.717, 1.165) is 18.8 Å². The van der Waals surface area contributed by atoms with Crippen molar-refractivity contribution >= 4 is 11.6 Å². The van der Waals surface area contributed by atoms with Crippen molar-refractivity contribution in [2.45, 2.75) is 26.3 Å². The third-order valence-electron chi connectivity index (χ3n) is 3.48. The topological polar surface area (TPSA) is 62.5 Å². The van der Waals surface area contributed by atoms with Crippen LogP contribution in [0.25, 0.3) is 0 Å². The Bertz CT molecular complexity index is 460. The quantitative estimate of drug-likeness (QED) is 0.882. The normalized spacial score (nSPS) is 16.9. The molecule has 1 aromatic heterocycles. The Morgan fingerprint density at radius 1 is 1.47 bits per heavy atom. The fraction of sp³-hybridized carbons (Fsp3) is 0.571. The smallest absolute Gasteiger partial charge is 0.272 e. The van der Waals surface area contributed by atoms with Crippen molar-refractivity contribution in [3.8, 4) is 0 Å². The molecule has 2 N–H and O–H groups in total. The van der Waals surface area contributed by atoms with E-state index in [1.807, 2.05) is 32.9 Å². The number of nitrogens with two attached hydrogens (primary N) is 1. The molecule has 0 spiro atoms. The van der Waals surface area contributed by atoms with Gasteiger partial charge >= 0.3 is 0 Å².